The quantitative estimate of drug-likeness (QED) is 0.747. The third-order valence-electron chi connectivity index (χ3n) is 6.25. The monoisotopic (exact) mass is 392 g/mol. The molecule has 1 heterocycles. The zero-order valence-corrected chi connectivity index (χ0v) is 15.5. The Morgan fingerprint density at radius 3 is 2.58 bits per heavy atom. The molecular weight excluding hydrogens is 372 g/mol. The highest BCUT2D eigenvalue weighted by Crippen LogP contribution is 2.60. The minimum absolute atomic E-state index is 0.125. The molecule has 1 N–H and O–H groups in total. The SMILES string of the molecule is COC1CCC2(CC1)Cc1ccc(Br)cc1C21NC(=O)N(C)C1=O. The first-order valence-corrected chi connectivity index (χ1v) is 9.15. The number of methoxy groups -OCH3 is 1. The van der Waals surface area contributed by atoms with Crippen LogP contribution in [0.1, 0.15) is 36.8 Å². The van der Waals surface area contributed by atoms with Gasteiger partial charge in [0.1, 0.15) is 0 Å². The predicted octanol–water partition coefficient (Wildman–Crippen LogP) is 2.96. The van der Waals surface area contributed by atoms with Gasteiger partial charge in [-0.25, -0.2) is 4.79 Å². The maximum Gasteiger partial charge on any atom is 0.325 e. The van der Waals surface area contributed by atoms with Crippen LogP contribution in [-0.2, 0) is 21.5 Å². The Labute approximate surface area is 149 Å². The fourth-order valence-corrected chi connectivity index (χ4v) is 5.31. The molecule has 0 bridgehead atoms. The summed E-state index contributed by atoms with van der Waals surface area (Å²) in [6.07, 6.45) is 4.65. The van der Waals surface area contributed by atoms with Crippen molar-refractivity contribution in [3.63, 3.8) is 0 Å². The van der Waals surface area contributed by atoms with Gasteiger partial charge in [-0.1, -0.05) is 22.0 Å². The second-order valence-corrected chi connectivity index (χ2v) is 8.15. The highest BCUT2D eigenvalue weighted by Gasteiger charge is 2.67. The van der Waals surface area contributed by atoms with Crippen molar-refractivity contribution >= 4 is 27.9 Å². The largest absolute Gasteiger partial charge is 0.381 e. The molecule has 1 unspecified atom stereocenters. The summed E-state index contributed by atoms with van der Waals surface area (Å²) in [5, 5.41) is 3.08. The summed E-state index contributed by atoms with van der Waals surface area (Å²) in [6, 6.07) is 5.79. The smallest absolute Gasteiger partial charge is 0.325 e. The van der Waals surface area contributed by atoms with Crippen LogP contribution in [0.4, 0.5) is 4.79 Å². The van der Waals surface area contributed by atoms with Gasteiger partial charge < -0.3 is 10.1 Å². The molecule has 1 aliphatic heterocycles. The number of imide groups is 1. The molecule has 6 heteroatoms. The molecule has 1 saturated heterocycles. The van der Waals surface area contributed by atoms with Crippen molar-refractivity contribution in [3.8, 4) is 0 Å². The molecule has 0 radical (unpaired) electrons. The lowest BCUT2D eigenvalue weighted by atomic mass is 9.61. The number of rotatable bonds is 1. The second kappa shape index (κ2) is 5.30. The van der Waals surface area contributed by atoms with Gasteiger partial charge >= 0.3 is 6.03 Å². The van der Waals surface area contributed by atoms with Crippen molar-refractivity contribution in [2.75, 3.05) is 14.2 Å². The van der Waals surface area contributed by atoms with E-state index in [2.05, 4.69) is 27.3 Å². The van der Waals surface area contributed by atoms with Crippen LogP contribution in [0.5, 0.6) is 0 Å². The number of nitrogens with one attached hydrogen (secondary N) is 1. The van der Waals surface area contributed by atoms with Gasteiger partial charge in [0, 0.05) is 24.0 Å². The Kier molecular flexibility index (Phi) is 3.55. The van der Waals surface area contributed by atoms with Gasteiger partial charge in [0.05, 0.1) is 6.10 Å². The first kappa shape index (κ1) is 16.1. The van der Waals surface area contributed by atoms with Crippen molar-refractivity contribution in [2.24, 2.45) is 5.41 Å². The highest BCUT2D eigenvalue weighted by atomic mass is 79.9. The fourth-order valence-electron chi connectivity index (χ4n) is 4.95. The second-order valence-electron chi connectivity index (χ2n) is 7.24. The van der Waals surface area contributed by atoms with E-state index in [1.165, 1.54) is 4.90 Å². The van der Waals surface area contributed by atoms with Crippen molar-refractivity contribution < 1.29 is 14.3 Å². The van der Waals surface area contributed by atoms with E-state index in [4.69, 9.17) is 4.74 Å². The van der Waals surface area contributed by atoms with E-state index in [0.717, 1.165) is 47.7 Å². The number of hydrogen-bond donors (Lipinski definition) is 1. The van der Waals surface area contributed by atoms with Gasteiger partial charge in [-0.05, 0) is 55.4 Å². The van der Waals surface area contributed by atoms with Crippen LogP contribution < -0.4 is 5.32 Å². The summed E-state index contributed by atoms with van der Waals surface area (Å²) in [5.41, 5.74) is 0.924. The van der Waals surface area contributed by atoms with E-state index in [1.807, 2.05) is 12.1 Å². The van der Waals surface area contributed by atoms with E-state index in [-0.39, 0.29) is 23.5 Å². The number of amides is 3. The molecule has 2 aliphatic carbocycles. The molecule has 2 fully saturated rings. The Morgan fingerprint density at radius 2 is 2.00 bits per heavy atom. The number of benzene rings is 1. The number of carbonyl (C=O) groups excluding carboxylic acids is 2. The first-order chi connectivity index (χ1) is 11.4. The van der Waals surface area contributed by atoms with Crippen LogP contribution in [-0.4, -0.2) is 37.1 Å². The molecule has 1 atom stereocenters. The summed E-state index contributed by atoms with van der Waals surface area (Å²) in [4.78, 5) is 26.8. The standard InChI is InChI=1S/C18H21BrN2O3/c1-21-15(22)18(20-16(21)23)14-9-12(19)4-3-11(14)10-17(18)7-5-13(24-2)6-8-17/h3-4,9,13H,5-8,10H2,1-2H3,(H,20,23). The van der Waals surface area contributed by atoms with Gasteiger partial charge in [-0.3, -0.25) is 9.69 Å². The number of likely N-dealkylation sites (N-methyl/N-ethyl adjacent to an activating group) is 1. The Bertz CT molecular complexity index is 727. The fraction of sp³-hybridized carbons (Fsp3) is 0.556. The number of nitrogens with zero attached hydrogens (tertiary/aromatic N) is 1. The normalized spacial score (nSPS) is 35.0. The molecule has 3 amide bonds. The summed E-state index contributed by atoms with van der Waals surface area (Å²) in [5.74, 6) is -0.125. The van der Waals surface area contributed by atoms with E-state index in [0.29, 0.717) is 0 Å². The molecule has 24 heavy (non-hydrogen) atoms. The minimum atomic E-state index is -0.934. The van der Waals surface area contributed by atoms with Crippen LogP contribution in [0.15, 0.2) is 22.7 Å². The predicted molar refractivity (Wildman–Crippen MR) is 92.5 cm³/mol. The average molecular weight is 393 g/mol. The Hall–Kier alpha value is -1.40. The van der Waals surface area contributed by atoms with Gasteiger partial charge in [0.15, 0.2) is 5.54 Å². The summed E-state index contributed by atoms with van der Waals surface area (Å²) < 4.78 is 6.45. The van der Waals surface area contributed by atoms with E-state index >= 15 is 0 Å². The van der Waals surface area contributed by atoms with Gasteiger partial charge in [0.25, 0.3) is 5.91 Å². The Morgan fingerprint density at radius 1 is 1.29 bits per heavy atom. The Balaban J connectivity index is 1.87. The maximum atomic E-state index is 13.2. The van der Waals surface area contributed by atoms with Crippen LogP contribution in [0.3, 0.4) is 0 Å². The lowest BCUT2D eigenvalue weighted by Crippen LogP contribution is -2.56. The zero-order chi connectivity index (χ0) is 17.1. The first-order valence-electron chi connectivity index (χ1n) is 8.35. The molecule has 0 aromatic heterocycles. The number of fused-ring (bicyclic) bond motifs is 3. The lowest BCUT2D eigenvalue weighted by Gasteiger charge is -2.46. The molecule has 3 aliphatic rings. The molecule has 2 spiro atoms. The summed E-state index contributed by atoms with van der Waals surface area (Å²) >= 11 is 3.52. The van der Waals surface area contributed by atoms with E-state index in [1.54, 1.807) is 14.2 Å². The number of carbonyl (C=O) groups is 2. The average Bonchev–Trinajstić information content (AvgIpc) is 2.97. The van der Waals surface area contributed by atoms with Crippen LogP contribution >= 0.6 is 15.9 Å². The molecule has 1 aromatic carbocycles. The maximum absolute atomic E-state index is 13.2. The third kappa shape index (κ3) is 1.90. The van der Waals surface area contributed by atoms with E-state index < -0.39 is 5.54 Å². The number of ether oxygens (including phenoxy) is 1. The molecule has 5 nitrogen and oxygen atoms in total. The molecular formula is C18H21BrN2O3. The van der Waals surface area contributed by atoms with Gasteiger partial charge in [-0.2, -0.15) is 0 Å². The summed E-state index contributed by atoms with van der Waals surface area (Å²) in [6.45, 7) is 0. The number of hydrogen-bond acceptors (Lipinski definition) is 3. The van der Waals surface area contributed by atoms with Gasteiger partial charge in [-0.15, -0.1) is 0 Å². The number of urea groups is 1. The zero-order valence-electron chi connectivity index (χ0n) is 13.9. The van der Waals surface area contributed by atoms with Crippen molar-refractivity contribution in [1.29, 1.82) is 0 Å². The van der Waals surface area contributed by atoms with E-state index in [9.17, 15) is 9.59 Å². The minimum Gasteiger partial charge on any atom is -0.381 e. The topological polar surface area (TPSA) is 58.6 Å². The van der Waals surface area contributed by atoms with Crippen LogP contribution in [0.2, 0.25) is 0 Å². The van der Waals surface area contributed by atoms with Gasteiger partial charge in [0.2, 0.25) is 0 Å². The van der Waals surface area contributed by atoms with Crippen LogP contribution in [0, 0.1) is 5.41 Å². The molecule has 128 valence electrons. The lowest BCUT2D eigenvalue weighted by molar-refractivity contribution is -0.137. The van der Waals surface area contributed by atoms with Crippen molar-refractivity contribution in [3.05, 3.63) is 33.8 Å². The molecule has 1 saturated carbocycles. The van der Waals surface area contributed by atoms with Crippen molar-refractivity contribution in [1.82, 2.24) is 10.2 Å². The third-order valence-corrected chi connectivity index (χ3v) is 6.74. The summed E-state index contributed by atoms with van der Waals surface area (Å²) in [7, 11) is 3.31. The van der Waals surface area contributed by atoms with Crippen molar-refractivity contribution in [2.45, 2.75) is 43.7 Å². The van der Waals surface area contributed by atoms with Crippen LogP contribution in [0.25, 0.3) is 0 Å². The highest BCUT2D eigenvalue weighted by molar-refractivity contribution is 9.10. The molecule has 1 aromatic rings. The molecule has 4 rings (SSSR count). The number of halogens is 1.